The van der Waals surface area contributed by atoms with Crippen molar-refractivity contribution in [2.75, 3.05) is 10.6 Å². The van der Waals surface area contributed by atoms with E-state index in [4.69, 9.17) is 0 Å². The van der Waals surface area contributed by atoms with E-state index >= 15 is 0 Å². The van der Waals surface area contributed by atoms with Crippen molar-refractivity contribution in [3.05, 3.63) is 59.7 Å². The highest BCUT2D eigenvalue weighted by atomic mass is 16.2. The Kier molecular flexibility index (Phi) is 4.77. The molecule has 0 aliphatic heterocycles. The first-order valence-electron chi connectivity index (χ1n) is 6.91. The predicted octanol–water partition coefficient (Wildman–Crippen LogP) is 4.59. The topological polar surface area (TPSA) is 41.1 Å². The minimum absolute atomic E-state index is 0.223. The Morgan fingerprint density at radius 3 is 2.35 bits per heavy atom. The van der Waals surface area contributed by atoms with Crippen molar-refractivity contribution >= 4 is 17.4 Å². The minimum Gasteiger partial charge on any atom is -0.308 e. The highest BCUT2D eigenvalue weighted by molar-refractivity contribution is 5.99. The highest BCUT2D eigenvalue weighted by Gasteiger charge is 2.02. The van der Waals surface area contributed by atoms with Crippen LogP contribution in [0.1, 0.15) is 24.5 Å². The molecule has 0 fully saturated rings. The van der Waals surface area contributed by atoms with Crippen molar-refractivity contribution in [3.8, 4) is 0 Å². The number of nitrogens with one attached hydrogen (secondary N) is 2. The molecular weight excluding hydrogens is 248 g/mol. The molecule has 0 atom stereocenters. The average Bonchev–Trinajstić information content (AvgIpc) is 2.41. The smallest absolute Gasteiger partial charge is 0.308 e. The van der Waals surface area contributed by atoms with Crippen molar-refractivity contribution in [2.24, 2.45) is 0 Å². The molecule has 0 saturated heterocycles. The van der Waals surface area contributed by atoms with E-state index in [0.717, 1.165) is 29.8 Å². The minimum atomic E-state index is -0.223. The van der Waals surface area contributed by atoms with Crippen LogP contribution in [-0.2, 0) is 6.42 Å². The molecule has 0 bridgehead atoms. The van der Waals surface area contributed by atoms with Gasteiger partial charge in [-0.05, 0) is 48.7 Å². The third kappa shape index (κ3) is 4.12. The van der Waals surface area contributed by atoms with Crippen molar-refractivity contribution in [1.82, 2.24) is 0 Å². The molecule has 2 amide bonds. The van der Waals surface area contributed by atoms with Gasteiger partial charge in [-0.3, -0.25) is 0 Å². The number of carbonyl (C=O) groups is 1. The van der Waals surface area contributed by atoms with E-state index < -0.39 is 0 Å². The summed E-state index contributed by atoms with van der Waals surface area (Å²) in [6.07, 6.45) is 2.19. The Morgan fingerprint density at radius 1 is 1.00 bits per heavy atom. The third-order valence-corrected chi connectivity index (χ3v) is 3.03. The monoisotopic (exact) mass is 268 g/mol. The number of anilines is 2. The van der Waals surface area contributed by atoms with Crippen molar-refractivity contribution in [1.29, 1.82) is 0 Å². The molecule has 0 aliphatic carbocycles. The van der Waals surface area contributed by atoms with Crippen LogP contribution in [0.25, 0.3) is 0 Å². The van der Waals surface area contributed by atoms with Gasteiger partial charge in [0.25, 0.3) is 0 Å². The van der Waals surface area contributed by atoms with E-state index in [1.807, 2.05) is 55.5 Å². The summed E-state index contributed by atoms with van der Waals surface area (Å²) in [5.41, 5.74) is 4.00. The largest absolute Gasteiger partial charge is 0.323 e. The maximum absolute atomic E-state index is 11.9. The normalized spacial score (nSPS) is 10.1. The molecule has 0 aliphatic rings. The molecule has 0 saturated carbocycles. The van der Waals surface area contributed by atoms with Crippen LogP contribution >= 0.6 is 0 Å². The molecule has 0 spiro atoms. The molecule has 3 nitrogen and oxygen atoms in total. The van der Waals surface area contributed by atoms with E-state index in [-0.39, 0.29) is 6.03 Å². The lowest BCUT2D eigenvalue weighted by Gasteiger charge is -2.08. The Hall–Kier alpha value is -2.29. The number of carbonyl (C=O) groups excluding carboxylic acids is 1. The van der Waals surface area contributed by atoms with Gasteiger partial charge < -0.3 is 10.6 Å². The summed E-state index contributed by atoms with van der Waals surface area (Å²) < 4.78 is 0. The standard InChI is InChI=1S/C17H20N2O/c1-3-5-14-8-10-15(11-9-14)18-17(20)19-16-7-4-6-13(2)12-16/h4,6-12H,3,5H2,1-2H3,(H2,18,19,20). The Balaban J connectivity index is 1.94. The van der Waals surface area contributed by atoms with Crippen LogP contribution in [0.15, 0.2) is 48.5 Å². The molecular formula is C17H20N2O. The second kappa shape index (κ2) is 6.75. The fourth-order valence-electron chi connectivity index (χ4n) is 2.06. The fraction of sp³-hybridized carbons (Fsp3) is 0.235. The highest BCUT2D eigenvalue weighted by Crippen LogP contribution is 2.13. The molecule has 2 aromatic rings. The molecule has 104 valence electrons. The van der Waals surface area contributed by atoms with Crippen LogP contribution < -0.4 is 10.6 Å². The van der Waals surface area contributed by atoms with E-state index in [9.17, 15) is 4.79 Å². The summed E-state index contributed by atoms with van der Waals surface area (Å²) in [6.45, 7) is 4.15. The molecule has 0 unspecified atom stereocenters. The third-order valence-electron chi connectivity index (χ3n) is 3.03. The summed E-state index contributed by atoms with van der Waals surface area (Å²) in [6, 6.07) is 15.5. The maximum Gasteiger partial charge on any atom is 0.323 e. The zero-order valence-corrected chi connectivity index (χ0v) is 11.9. The second-order valence-electron chi connectivity index (χ2n) is 4.90. The number of benzene rings is 2. The molecule has 0 aromatic heterocycles. The lowest BCUT2D eigenvalue weighted by atomic mass is 10.1. The van der Waals surface area contributed by atoms with Crippen LogP contribution in [0.2, 0.25) is 0 Å². The van der Waals surface area contributed by atoms with Crippen molar-refractivity contribution in [3.63, 3.8) is 0 Å². The van der Waals surface area contributed by atoms with Crippen LogP contribution in [0.4, 0.5) is 16.2 Å². The van der Waals surface area contributed by atoms with Gasteiger partial charge in [-0.1, -0.05) is 37.6 Å². The molecule has 20 heavy (non-hydrogen) atoms. The summed E-state index contributed by atoms with van der Waals surface area (Å²) >= 11 is 0. The number of hydrogen-bond acceptors (Lipinski definition) is 1. The zero-order chi connectivity index (χ0) is 14.4. The molecule has 0 heterocycles. The number of hydrogen-bond donors (Lipinski definition) is 2. The summed E-state index contributed by atoms with van der Waals surface area (Å²) in [4.78, 5) is 11.9. The zero-order valence-electron chi connectivity index (χ0n) is 11.9. The van der Waals surface area contributed by atoms with Gasteiger partial charge in [-0.15, -0.1) is 0 Å². The lowest BCUT2D eigenvalue weighted by molar-refractivity contribution is 0.262. The van der Waals surface area contributed by atoms with Gasteiger partial charge in [0.05, 0.1) is 0 Å². The van der Waals surface area contributed by atoms with Crippen LogP contribution in [0.5, 0.6) is 0 Å². The van der Waals surface area contributed by atoms with Gasteiger partial charge in [-0.2, -0.15) is 0 Å². The summed E-state index contributed by atoms with van der Waals surface area (Å²) in [5, 5.41) is 5.65. The van der Waals surface area contributed by atoms with E-state index in [1.165, 1.54) is 5.56 Å². The van der Waals surface area contributed by atoms with Gasteiger partial charge in [0.1, 0.15) is 0 Å². The van der Waals surface area contributed by atoms with Gasteiger partial charge >= 0.3 is 6.03 Å². The van der Waals surface area contributed by atoms with E-state index in [0.29, 0.717) is 0 Å². The van der Waals surface area contributed by atoms with Crippen LogP contribution in [-0.4, -0.2) is 6.03 Å². The second-order valence-corrected chi connectivity index (χ2v) is 4.90. The first kappa shape index (κ1) is 14.1. The molecule has 3 heteroatoms. The molecule has 2 N–H and O–H groups in total. The van der Waals surface area contributed by atoms with Crippen molar-refractivity contribution < 1.29 is 4.79 Å². The van der Waals surface area contributed by atoms with Gasteiger partial charge in [0.2, 0.25) is 0 Å². The first-order chi connectivity index (χ1) is 9.67. The van der Waals surface area contributed by atoms with Gasteiger partial charge in [-0.25, -0.2) is 4.79 Å². The average molecular weight is 268 g/mol. The number of amides is 2. The molecule has 0 radical (unpaired) electrons. The number of rotatable bonds is 4. The Morgan fingerprint density at radius 2 is 1.70 bits per heavy atom. The Bertz CT molecular complexity index is 576. The lowest BCUT2D eigenvalue weighted by Crippen LogP contribution is -2.19. The van der Waals surface area contributed by atoms with Crippen LogP contribution in [0, 0.1) is 6.92 Å². The van der Waals surface area contributed by atoms with E-state index in [2.05, 4.69) is 17.6 Å². The SMILES string of the molecule is CCCc1ccc(NC(=O)Nc2cccc(C)c2)cc1. The van der Waals surface area contributed by atoms with Gasteiger partial charge in [0.15, 0.2) is 0 Å². The number of aryl methyl sites for hydroxylation is 2. The fourth-order valence-corrected chi connectivity index (χ4v) is 2.06. The maximum atomic E-state index is 11.9. The predicted molar refractivity (Wildman–Crippen MR) is 84.3 cm³/mol. The van der Waals surface area contributed by atoms with E-state index in [1.54, 1.807) is 0 Å². The van der Waals surface area contributed by atoms with Crippen molar-refractivity contribution in [2.45, 2.75) is 26.7 Å². The molecule has 2 rings (SSSR count). The van der Waals surface area contributed by atoms with Gasteiger partial charge in [0, 0.05) is 11.4 Å². The molecule has 2 aromatic carbocycles. The summed E-state index contributed by atoms with van der Waals surface area (Å²) in [7, 11) is 0. The number of urea groups is 1. The summed E-state index contributed by atoms with van der Waals surface area (Å²) in [5.74, 6) is 0. The quantitative estimate of drug-likeness (QED) is 0.836. The first-order valence-corrected chi connectivity index (χ1v) is 6.91. The van der Waals surface area contributed by atoms with Crippen LogP contribution in [0.3, 0.4) is 0 Å². The Labute approximate surface area is 120 Å².